The lowest BCUT2D eigenvalue weighted by molar-refractivity contribution is 0.0652. The van der Waals surface area contributed by atoms with Gasteiger partial charge >= 0.3 is 0 Å². The number of halogens is 1. The molecule has 1 saturated heterocycles. The first-order chi connectivity index (χ1) is 9.61. The lowest BCUT2D eigenvalue weighted by atomic mass is 10.2. The minimum Gasteiger partial charge on any atom is -0.409 e. The van der Waals surface area contributed by atoms with Crippen molar-refractivity contribution in [3.63, 3.8) is 0 Å². The summed E-state index contributed by atoms with van der Waals surface area (Å²) in [4.78, 5) is 16.3. The van der Waals surface area contributed by atoms with E-state index in [1.807, 2.05) is 29.2 Å². The summed E-state index contributed by atoms with van der Waals surface area (Å²) in [5.41, 5.74) is 6.23. The molecule has 108 valence electrons. The zero-order valence-electron chi connectivity index (χ0n) is 11.0. The number of hydrogen-bond acceptors (Lipinski definition) is 4. The average molecular weight is 388 g/mol. The molecule has 0 aromatic heterocycles. The number of rotatable bonds is 3. The highest BCUT2D eigenvalue weighted by atomic mass is 127. The SMILES string of the molecule is NC(CN1CCN(C(=O)c2ccccc2I)CC1)=NO. The molecule has 0 bridgehead atoms. The van der Waals surface area contributed by atoms with Crippen LogP contribution in [0.25, 0.3) is 0 Å². The molecule has 20 heavy (non-hydrogen) atoms. The maximum absolute atomic E-state index is 12.4. The molecule has 3 N–H and O–H groups in total. The molecule has 6 nitrogen and oxygen atoms in total. The highest BCUT2D eigenvalue weighted by molar-refractivity contribution is 14.1. The molecule has 1 amide bonds. The largest absolute Gasteiger partial charge is 0.409 e. The van der Waals surface area contributed by atoms with E-state index in [1.54, 1.807) is 0 Å². The number of nitrogens with two attached hydrogens (primary N) is 1. The van der Waals surface area contributed by atoms with E-state index in [9.17, 15) is 4.79 Å². The minimum absolute atomic E-state index is 0.0680. The molecule has 1 fully saturated rings. The van der Waals surface area contributed by atoms with Crippen LogP contribution in [0, 0.1) is 3.57 Å². The van der Waals surface area contributed by atoms with E-state index in [0.29, 0.717) is 19.6 Å². The number of amides is 1. The van der Waals surface area contributed by atoms with Crippen LogP contribution in [-0.2, 0) is 0 Å². The lowest BCUT2D eigenvalue weighted by Crippen LogP contribution is -2.50. The average Bonchev–Trinajstić information content (AvgIpc) is 2.47. The fourth-order valence-corrected chi connectivity index (χ4v) is 2.79. The third kappa shape index (κ3) is 3.60. The van der Waals surface area contributed by atoms with Crippen LogP contribution < -0.4 is 5.73 Å². The first kappa shape index (κ1) is 15.0. The summed E-state index contributed by atoms with van der Waals surface area (Å²) < 4.78 is 0.967. The van der Waals surface area contributed by atoms with Gasteiger partial charge in [-0.15, -0.1) is 0 Å². The number of carbonyl (C=O) groups excluding carboxylic acids is 1. The maximum Gasteiger partial charge on any atom is 0.255 e. The van der Waals surface area contributed by atoms with Crippen LogP contribution in [0.2, 0.25) is 0 Å². The van der Waals surface area contributed by atoms with E-state index in [1.165, 1.54) is 0 Å². The summed E-state index contributed by atoms with van der Waals surface area (Å²) in [6.45, 7) is 3.20. The van der Waals surface area contributed by atoms with Crippen LogP contribution in [0.15, 0.2) is 29.4 Å². The predicted octanol–water partition coefficient (Wildman–Crippen LogP) is 0.795. The second kappa shape index (κ2) is 6.89. The van der Waals surface area contributed by atoms with Gasteiger partial charge in [0.15, 0.2) is 5.84 Å². The number of benzene rings is 1. The standard InChI is InChI=1S/C13H17IN4O2/c14-11-4-2-1-3-10(11)13(19)18-7-5-17(6-8-18)9-12(15)16-20/h1-4,20H,5-9H2,(H2,15,16). The van der Waals surface area contributed by atoms with Gasteiger partial charge in [0.1, 0.15) is 0 Å². The quantitative estimate of drug-likeness (QED) is 0.264. The lowest BCUT2D eigenvalue weighted by Gasteiger charge is -2.34. The summed E-state index contributed by atoms with van der Waals surface area (Å²) in [6, 6.07) is 7.59. The summed E-state index contributed by atoms with van der Waals surface area (Å²) in [6.07, 6.45) is 0. The zero-order valence-corrected chi connectivity index (χ0v) is 13.2. The number of carbonyl (C=O) groups is 1. The third-order valence-electron chi connectivity index (χ3n) is 3.28. The molecule has 1 aliphatic rings. The van der Waals surface area contributed by atoms with Crippen LogP contribution in [0.4, 0.5) is 0 Å². The van der Waals surface area contributed by atoms with Crippen LogP contribution in [0.1, 0.15) is 10.4 Å². The minimum atomic E-state index is 0.0680. The Balaban J connectivity index is 1.94. The summed E-state index contributed by atoms with van der Waals surface area (Å²) in [7, 11) is 0. The fourth-order valence-electron chi connectivity index (χ4n) is 2.17. The Morgan fingerprint density at radius 3 is 2.55 bits per heavy atom. The number of amidine groups is 1. The van der Waals surface area contributed by atoms with Crippen molar-refractivity contribution in [2.75, 3.05) is 32.7 Å². The van der Waals surface area contributed by atoms with Crippen molar-refractivity contribution < 1.29 is 10.0 Å². The highest BCUT2D eigenvalue weighted by Gasteiger charge is 2.23. The zero-order chi connectivity index (χ0) is 14.5. The molecule has 1 aromatic rings. The van der Waals surface area contributed by atoms with Crippen LogP contribution in [0.5, 0.6) is 0 Å². The molecule has 1 aliphatic heterocycles. The molecular weight excluding hydrogens is 371 g/mol. The first-order valence-corrected chi connectivity index (χ1v) is 7.42. The first-order valence-electron chi connectivity index (χ1n) is 6.34. The van der Waals surface area contributed by atoms with E-state index in [-0.39, 0.29) is 11.7 Å². The third-order valence-corrected chi connectivity index (χ3v) is 4.22. The Labute approximate surface area is 131 Å². The van der Waals surface area contributed by atoms with Gasteiger partial charge in [0, 0.05) is 29.7 Å². The molecule has 0 spiro atoms. The Kier molecular flexibility index (Phi) is 5.18. The summed E-state index contributed by atoms with van der Waals surface area (Å²) in [5.74, 6) is 0.265. The molecule has 7 heteroatoms. The van der Waals surface area contributed by atoms with Gasteiger partial charge in [0.05, 0.1) is 12.1 Å². The monoisotopic (exact) mass is 388 g/mol. The summed E-state index contributed by atoms with van der Waals surface area (Å²) in [5, 5.41) is 11.5. The topological polar surface area (TPSA) is 82.2 Å². The van der Waals surface area contributed by atoms with Crippen molar-refractivity contribution in [2.24, 2.45) is 10.9 Å². The van der Waals surface area contributed by atoms with Crippen molar-refractivity contribution in [1.82, 2.24) is 9.80 Å². The molecule has 0 unspecified atom stereocenters. The van der Waals surface area contributed by atoms with Gasteiger partial charge in [-0.2, -0.15) is 0 Å². The van der Waals surface area contributed by atoms with E-state index < -0.39 is 0 Å². The van der Waals surface area contributed by atoms with Crippen LogP contribution >= 0.6 is 22.6 Å². The van der Waals surface area contributed by atoms with Gasteiger partial charge in [-0.25, -0.2) is 0 Å². The Morgan fingerprint density at radius 2 is 1.95 bits per heavy atom. The number of oxime groups is 1. The van der Waals surface area contributed by atoms with Crippen LogP contribution in [-0.4, -0.2) is 59.5 Å². The van der Waals surface area contributed by atoms with Crippen molar-refractivity contribution in [2.45, 2.75) is 0 Å². The Bertz CT molecular complexity index is 513. The van der Waals surface area contributed by atoms with Gasteiger partial charge in [-0.3, -0.25) is 9.69 Å². The van der Waals surface area contributed by atoms with Gasteiger partial charge < -0.3 is 15.8 Å². The second-order valence-corrected chi connectivity index (χ2v) is 5.80. The molecular formula is C13H17IN4O2. The molecule has 1 heterocycles. The molecule has 0 atom stereocenters. The molecule has 2 rings (SSSR count). The van der Waals surface area contributed by atoms with Gasteiger partial charge in [-0.1, -0.05) is 17.3 Å². The second-order valence-electron chi connectivity index (χ2n) is 4.64. The van der Waals surface area contributed by atoms with Crippen molar-refractivity contribution in [3.8, 4) is 0 Å². The van der Waals surface area contributed by atoms with E-state index in [4.69, 9.17) is 10.9 Å². The van der Waals surface area contributed by atoms with Crippen molar-refractivity contribution >= 4 is 34.3 Å². The highest BCUT2D eigenvalue weighted by Crippen LogP contribution is 2.15. The normalized spacial score (nSPS) is 17.2. The number of piperazine rings is 1. The Morgan fingerprint density at radius 1 is 1.30 bits per heavy atom. The summed E-state index contributed by atoms with van der Waals surface area (Å²) >= 11 is 2.18. The molecule has 0 saturated carbocycles. The fraction of sp³-hybridized carbons (Fsp3) is 0.385. The van der Waals surface area contributed by atoms with Gasteiger partial charge in [0.2, 0.25) is 0 Å². The number of nitrogens with zero attached hydrogens (tertiary/aromatic N) is 3. The smallest absolute Gasteiger partial charge is 0.255 e. The van der Waals surface area contributed by atoms with E-state index >= 15 is 0 Å². The predicted molar refractivity (Wildman–Crippen MR) is 84.9 cm³/mol. The van der Waals surface area contributed by atoms with Crippen molar-refractivity contribution in [1.29, 1.82) is 0 Å². The molecule has 0 aliphatic carbocycles. The van der Waals surface area contributed by atoms with Gasteiger partial charge in [-0.05, 0) is 34.7 Å². The van der Waals surface area contributed by atoms with E-state index in [2.05, 4.69) is 32.6 Å². The van der Waals surface area contributed by atoms with Crippen LogP contribution in [0.3, 0.4) is 0 Å². The van der Waals surface area contributed by atoms with Crippen molar-refractivity contribution in [3.05, 3.63) is 33.4 Å². The maximum atomic E-state index is 12.4. The molecule has 1 aromatic carbocycles. The number of hydrogen-bond donors (Lipinski definition) is 2. The Hall–Kier alpha value is -1.35. The molecule has 0 radical (unpaired) electrons. The van der Waals surface area contributed by atoms with Gasteiger partial charge in [0.25, 0.3) is 5.91 Å². The van der Waals surface area contributed by atoms with E-state index in [0.717, 1.165) is 22.2 Å².